The van der Waals surface area contributed by atoms with Crippen molar-refractivity contribution < 1.29 is 0 Å². The molecular weight excluding hydrogens is 194 g/mol. The first kappa shape index (κ1) is 11.5. The first-order chi connectivity index (χ1) is 6.27. The van der Waals surface area contributed by atoms with Gasteiger partial charge in [-0.1, -0.05) is 37.1 Å². The van der Waals surface area contributed by atoms with Crippen molar-refractivity contribution in [1.82, 2.24) is 0 Å². The van der Waals surface area contributed by atoms with Gasteiger partial charge in [-0.25, -0.2) is 0 Å². The number of nitrogens with two attached hydrogens (primary N) is 1. The summed E-state index contributed by atoms with van der Waals surface area (Å²) in [7, 11) is 0. The SMILES string of the molecule is Cc1ccccc1[C@H](N)CC1CC1.Cl. The molecule has 14 heavy (non-hydrogen) atoms. The Labute approximate surface area is 92.1 Å². The van der Waals surface area contributed by atoms with Gasteiger partial charge in [0.15, 0.2) is 0 Å². The molecule has 0 unspecified atom stereocenters. The summed E-state index contributed by atoms with van der Waals surface area (Å²) in [5, 5.41) is 0. The summed E-state index contributed by atoms with van der Waals surface area (Å²) in [6, 6.07) is 8.70. The highest BCUT2D eigenvalue weighted by Crippen LogP contribution is 2.37. The van der Waals surface area contributed by atoms with Gasteiger partial charge in [-0.2, -0.15) is 0 Å². The van der Waals surface area contributed by atoms with E-state index in [0.717, 1.165) is 5.92 Å². The van der Waals surface area contributed by atoms with Crippen molar-refractivity contribution in [2.45, 2.75) is 32.2 Å². The van der Waals surface area contributed by atoms with Crippen LogP contribution in [0, 0.1) is 12.8 Å². The number of halogens is 1. The number of benzene rings is 1. The molecule has 1 atom stereocenters. The quantitative estimate of drug-likeness (QED) is 0.817. The maximum absolute atomic E-state index is 6.14. The van der Waals surface area contributed by atoms with Crippen LogP contribution < -0.4 is 5.73 Å². The molecule has 1 fully saturated rings. The molecule has 0 aromatic heterocycles. The Kier molecular flexibility index (Phi) is 3.97. The summed E-state index contributed by atoms with van der Waals surface area (Å²) in [5.41, 5.74) is 8.79. The van der Waals surface area contributed by atoms with E-state index >= 15 is 0 Å². The van der Waals surface area contributed by atoms with Gasteiger partial charge in [0.2, 0.25) is 0 Å². The molecule has 0 aliphatic heterocycles. The zero-order chi connectivity index (χ0) is 9.26. The maximum Gasteiger partial charge on any atom is 0.0300 e. The highest BCUT2D eigenvalue weighted by Gasteiger charge is 2.24. The third-order valence-electron chi connectivity index (χ3n) is 2.87. The van der Waals surface area contributed by atoms with Crippen LogP contribution in [0.4, 0.5) is 0 Å². The maximum atomic E-state index is 6.14. The Hall–Kier alpha value is -0.530. The summed E-state index contributed by atoms with van der Waals surface area (Å²) in [6.45, 7) is 2.14. The van der Waals surface area contributed by atoms with Crippen LogP contribution >= 0.6 is 12.4 Å². The number of rotatable bonds is 3. The average molecular weight is 212 g/mol. The number of hydrogen-bond acceptors (Lipinski definition) is 1. The van der Waals surface area contributed by atoms with Gasteiger partial charge in [0.1, 0.15) is 0 Å². The van der Waals surface area contributed by atoms with Gasteiger partial charge >= 0.3 is 0 Å². The van der Waals surface area contributed by atoms with Crippen molar-refractivity contribution >= 4 is 12.4 Å². The third-order valence-corrected chi connectivity index (χ3v) is 2.87. The van der Waals surface area contributed by atoms with E-state index in [2.05, 4.69) is 31.2 Å². The molecule has 0 heterocycles. The molecule has 0 amide bonds. The largest absolute Gasteiger partial charge is 0.324 e. The second kappa shape index (κ2) is 4.81. The molecule has 1 nitrogen and oxygen atoms in total. The first-order valence-corrected chi connectivity index (χ1v) is 5.08. The standard InChI is InChI=1S/C12H17N.ClH/c1-9-4-2-3-5-11(9)12(13)8-10-6-7-10;/h2-5,10,12H,6-8,13H2,1H3;1H/t12-;/m1./s1. The average Bonchev–Trinajstić information content (AvgIpc) is 2.89. The van der Waals surface area contributed by atoms with Crippen molar-refractivity contribution in [2.24, 2.45) is 11.7 Å². The fraction of sp³-hybridized carbons (Fsp3) is 0.500. The molecule has 0 radical (unpaired) electrons. The van der Waals surface area contributed by atoms with E-state index in [1.54, 1.807) is 0 Å². The Morgan fingerprint density at radius 1 is 1.36 bits per heavy atom. The Bertz CT molecular complexity index is 294. The monoisotopic (exact) mass is 211 g/mol. The molecule has 2 rings (SSSR count). The zero-order valence-electron chi connectivity index (χ0n) is 8.57. The van der Waals surface area contributed by atoms with Crippen LogP contribution in [0.5, 0.6) is 0 Å². The lowest BCUT2D eigenvalue weighted by Crippen LogP contribution is -2.12. The molecule has 0 saturated heterocycles. The van der Waals surface area contributed by atoms with Crippen LogP contribution in [-0.2, 0) is 0 Å². The predicted molar refractivity (Wildman–Crippen MR) is 62.7 cm³/mol. The van der Waals surface area contributed by atoms with Gasteiger partial charge in [0, 0.05) is 6.04 Å². The minimum absolute atomic E-state index is 0. The minimum atomic E-state index is 0. The molecule has 0 spiro atoms. The molecule has 1 aliphatic carbocycles. The van der Waals surface area contributed by atoms with Crippen LogP contribution in [-0.4, -0.2) is 0 Å². The first-order valence-electron chi connectivity index (χ1n) is 5.08. The number of aryl methyl sites for hydroxylation is 1. The predicted octanol–water partition coefficient (Wildman–Crippen LogP) is 3.22. The molecule has 1 aromatic carbocycles. The summed E-state index contributed by atoms with van der Waals surface area (Å²) in [5.74, 6) is 0.912. The van der Waals surface area contributed by atoms with Gasteiger partial charge in [-0.15, -0.1) is 12.4 Å². The van der Waals surface area contributed by atoms with E-state index in [0.29, 0.717) is 0 Å². The molecule has 0 bridgehead atoms. The van der Waals surface area contributed by atoms with E-state index in [4.69, 9.17) is 5.73 Å². The van der Waals surface area contributed by atoms with E-state index in [9.17, 15) is 0 Å². The van der Waals surface area contributed by atoms with Crippen LogP contribution in [0.15, 0.2) is 24.3 Å². The molecule has 1 aliphatic rings. The van der Waals surface area contributed by atoms with Gasteiger partial charge in [0.05, 0.1) is 0 Å². The van der Waals surface area contributed by atoms with Crippen LogP contribution in [0.1, 0.15) is 36.4 Å². The lowest BCUT2D eigenvalue weighted by molar-refractivity contribution is 0.594. The van der Waals surface area contributed by atoms with Crippen molar-refractivity contribution in [1.29, 1.82) is 0 Å². The number of hydrogen-bond donors (Lipinski definition) is 1. The summed E-state index contributed by atoms with van der Waals surface area (Å²) in [6.07, 6.45) is 3.95. The third kappa shape index (κ3) is 2.73. The fourth-order valence-electron chi connectivity index (χ4n) is 1.84. The lowest BCUT2D eigenvalue weighted by atomic mass is 9.98. The van der Waals surface area contributed by atoms with Gasteiger partial charge < -0.3 is 5.73 Å². The van der Waals surface area contributed by atoms with Crippen molar-refractivity contribution in [2.75, 3.05) is 0 Å². The summed E-state index contributed by atoms with van der Waals surface area (Å²) >= 11 is 0. The molecule has 78 valence electrons. The van der Waals surface area contributed by atoms with E-state index < -0.39 is 0 Å². The van der Waals surface area contributed by atoms with Crippen molar-refractivity contribution in [3.8, 4) is 0 Å². The highest BCUT2D eigenvalue weighted by atomic mass is 35.5. The second-order valence-electron chi connectivity index (χ2n) is 4.14. The minimum Gasteiger partial charge on any atom is -0.324 e. The van der Waals surface area contributed by atoms with E-state index in [-0.39, 0.29) is 18.4 Å². The van der Waals surface area contributed by atoms with E-state index in [1.165, 1.54) is 30.4 Å². The van der Waals surface area contributed by atoms with Crippen LogP contribution in [0.25, 0.3) is 0 Å². The molecule has 1 saturated carbocycles. The van der Waals surface area contributed by atoms with Crippen LogP contribution in [0.3, 0.4) is 0 Å². The summed E-state index contributed by atoms with van der Waals surface area (Å²) in [4.78, 5) is 0. The molecule has 1 aromatic rings. The Morgan fingerprint density at radius 2 is 2.00 bits per heavy atom. The highest BCUT2D eigenvalue weighted by molar-refractivity contribution is 5.85. The van der Waals surface area contributed by atoms with Crippen molar-refractivity contribution in [3.05, 3.63) is 35.4 Å². The normalized spacial score (nSPS) is 17.3. The fourth-order valence-corrected chi connectivity index (χ4v) is 1.84. The second-order valence-corrected chi connectivity index (χ2v) is 4.14. The van der Waals surface area contributed by atoms with Gasteiger partial charge in [-0.05, 0) is 30.4 Å². The van der Waals surface area contributed by atoms with Gasteiger partial charge in [-0.3, -0.25) is 0 Å². The van der Waals surface area contributed by atoms with Crippen LogP contribution in [0.2, 0.25) is 0 Å². The molecule has 2 heteroatoms. The molecule has 2 N–H and O–H groups in total. The van der Waals surface area contributed by atoms with Gasteiger partial charge in [0.25, 0.3) is 0 Å². The lowest BCUT2D eigenvalue weighted by Gasteiger charge is -2.13. The Morgan fingerprint density at radius 3 is 2.57 bits per heavy atom. The topological polar surface area (TPSA) is 26.0 Å². The Balaban J connectivity index is 0.000000980. The summed E-state index contributed by atoms with van der Waals surface area (Å²) < 4.78 is 0. The molecular formula is C12H18ClN. The van der Waals surface area contributed by atoms with E-state index in [1.807, 2.05) is 0 Å². The smallest absolute Gasteiger partial charge is 0.0300 e. The van der Waals surface area contributed by atoms with Crippen molar-refractivity contribution in [3.63, 3.8) is 0 Å². The zero-order valence-corrected chi connectivity index (χ0v) is 9.39.